The molecule has 0 aliphatic carbocycles. The molecule has 0 atom stereocenters. The zero-order valence-electron chi connectivity index (χ0n) is 12.7. The van der Waals surface area contributed by atoms with Crippen LogP contribution in [0.15, 0.2) is 12.2 Å². The summed E-state index contributed by atoms with van der Waals surface area (Å²) in [5.41, 5.74) is 0. The van der Waals surface area contributed by atoms with Crippen molar-refractivity contribution in [2.45, 2.75) is 45.4 Å². The van der Waals surface area contributed by atoms with E-state index in [-0.39, 0.29) is 17.8 Å². The quantitative estimate of drug-likeness (QED) is 0.474. The van der Waals surface area contributed by atoms with Crippen LogP contribution >= 0.6 is 0 Å². The van der Waals surface area contributed by atoms with Gasteiger partial charge in [0.2, 0.25) is 0 Å². The number of nitrogens with one attached hydrogen (secondary N) is 2. The van der Waals surface area contributed by atoms with E-state index in [0.717, 1.165) is 38.5 Å². The van der Waals surface area contributed by atoms with Gasteiger partial charge in [0.15, 0.2) is 0 Å². The number of rotatable bonds is 10. The monoisotopic (exact) mass is 295 g/mol. The van der Waals surface area contributed by atoms with Crippen molar-refractivity contribution in [3.63, 3.8) is 0 Å². The van der Waals surface area contributed by atoms with Gasteiger partial charge in [-0.15, -0.1) is 0 Å². The molecule has 0 radical (unpaired) electrons. The molecular weight excluding hydrogens is 270 g/mol. The van der Waals surface area contributed by atoms with Gasteiger partial charge in [-0.3, -0.25) is 14.5 Å². The van der Waals surface area contributed by atoms with Crippen molar-refractivity contribution in [3.05, 3.63) is 12.2 Å². The lowest BCUT2D eigenvalue weighted by Gasteiger charge is -2.13. The number of carbonyl (C=O) groups excluding carboxylic acids is 3. The molecule has 1 rings (SSSR count). The molecule has 6 nitrogen and oxygen atoms in total. The molecule has 1 aliphatic rings. The van der Waals surface area contributed by atoms with Crippen LogP contribution in [0.5, 0.6) is 0 Å². The summed E-state index contributed by atoms with van der Waals surface area (Å²) < 4.78 is 0. The molecule has 0 bridgehead atoms. The molecule has 1 aliphatic heterocycles. The summed E-state index contributed by atoms with van der Waals surface area (Å²) in [6.07, 6.45) is 8.34. The first-order valence-corrected chi connectivity index (χ1v) is 7.70. The number of hydrogen-bond acceptors (Lipinski definition) is 3. The van der Waals surface area contributed by atoms with Crippen LogP contribution < -0.4 is 10.6 Å². The van der Waals surface area contributed by atoms with Gasteiger partial charge in [-0.2, -0.15) is 0 Å². The van der Waals surface area contributed by atoms with E-state index in [4.69, 9.17) is 0 Å². The van der Waals surface area contributed by atoms with Gasteiger partial charge >= 0.3 is 6.03 Å². The average Bonchev–Trinajstić information content (AvgIpc) is 2.78. The number of nitrogens with zero attached hydrogens (tertiary/aromatic N) is 1. The topological polar surface area (TPSA) is 78.5 Å². The van der Waals surface area contributed by atoms with E-state index in [0.29, 0.717) is 19.6 Å². The van der Waals surface area contributed by atoms with E-state index in [1.807, 2.05) is 0 Å². The first kappa shape index (κ1) is 17.2. The Bertz CT molecular complexity index is 376. The van der Waals surface area contributed by atoms with Crippen LogP contribution in [0.4, 0.5) is 4.79 Å². The Morgan fingerprint density at radius 2 is 1.52 bits per heavy atom. The van der Waals surface area contributed by atoms with Gasteiger partial charge in [0.05, 0.1) is 0 Å². The Kier molecular flexibility index (Phi) is 8.16. The largest absolute Gasteiger partial charge is 0.338 e. The fraction of sp³-hybridized carbons (Fsp3) is 0.667. The molecule has 0 fully saturated rings. The maximum Gasteiger partial charge on any atom is 0.314 e. The number of urea groups is 1. The van der Waals surface area contributed by atoms with Crippen LogP contribution in [0.25, 0.3) is 0 Å². The molecule has 0 spiro atoms. The van der Waals surface area contributed by atoms with Gasteiger partial charge in [-0.05, 0) is 25.7 Å². The zero-order valence-corrected chi connectivity index (χ0v) is 12.7. The van der Waals surface area contributed by atoms with Gasteiger partial charge < -0.3 is 10.6 Å². The number of unbranched alkanes of at least 4 members (excludes halogenated alkanes) is 4. The highest BCUT2D eigenvalue weighted by Crippen LogP contribution is 2.06. The molecule has 0 unspecified atom stereocenters. The molecule has 0 aromatic rings. The van der Waals surface area contributed by atoms with E-state index in [1.54, 1.807) is 0 Å². The number of imide groups is 1. The lowest BCUT2D eigenvalue weighted by Crippen LogP contribution is -2.36. The van der Waals surface area contributed by atoms with Crippen LogP contribution in [0, 0.1) is 0 Å². The van der Waals surface area contributed by atoms with Crippen molar-refractivity contribution in [3.8, 4) is 0 Å². The molecule has 0 aromatic heterocycles. The second kappa shape index (κ2) is 9.96. The van der Waals surface area contributed by atoms with Crippen molar-refractivity contribution in [1.29, 1.82) is 0 Å². The summed E-state index contributed by atoms with van der Waals surface area (Å²) in [5.74, 6) is -0.464. The standard InChI is InChI=1S/C15H25N3O3/c1-2-3-5-10-16-15(21)17-11-6-4-7-12-18-13(19)8-9-14(18)20/h8-9H,2-7,10-12H2,1H3,(H2,16,17,21). The third-order valence-electron chi connectivity index (χ3n) is 3.31. The molecule has 1 heterocycles. The summed E-state index contributed by atoms with van der Waals surface area (Å²) in [5, 5.41) is 5.60. The van der Waals surface area contributed by atoms with E-state index < -0.39 is 0 Å². The minimum absolute atomic E-state index is 0.125. The minimum Gasteiger partial charge on any atom is -0.338 e. The van der Waals surface area contributed by atoms with Crippen LogP contribution in [-0.2, 0) is 9.59 Å². The summed E-state index contributed by atoms with van der Waals surface area (Å²) in [6.45, 7) is 3.90. The molecule has 21 heavy (non-hydrogen) atoms. The molecule has 0 saturated carbocycles. The van der Waals surface area contributed by atoms with Gasteiger partial charge in [0.1, 0.15) is 0 Å². The second-order valence-electron chi connectivity index (χ2n) is 5.11. The van der Waals surface area contributed by atoms with Gasteiger partial charge in [-0.25, -0.2) is 4.79 Å². The normalized spacial score (nSPS) is 13.9. The molecular formula is C15H25N3O3. The maximum absolute atomic E-state index is 11.4. The van der Waals surface area contributed by atoms with Crippen molar-refractivity contribution in [2.75, 3.05) is 19.6 Å². The maximum atomic E-state index is 11.4. The smallest absolute Gasteiger partial charge is 0.314 e. The number of amides is 4. The summed E-state index contributed by atoms with van der Waals surface area (Å²) in [4.78, 5) is 35.2. The molecule has 0 aromatic carbocycles. The van der Waals surface area contributed by atoms with Crippen LogP contribution in [0.3, 0.4) is 0 Å². The van der Waals surface area contributed by atoms with Gasteiger partial charge in [0, 0.05) is 31.8 Å². The molecule has 0 saturated heterocycles. The number of hydrogen-bond donors (Lipinski definition) is 2. The van der Waals surface area contributed by atoms with Crippen molar-refractivity contribution in [1.82, 2.24) is 15.5 Å². The Balaban J connectivity index is 1.94. The van der Waals surface area contributed by atoms with E-state index >= 15 is 0 Å². The lowest BCUT2D eigenvalue weighted by atomic mass is 10.2. The predicted molar refractivity (Wildman–Crippen MR) is 80.6 cm³/mol. The highest BCUT2D eigenvalue weighted by molar-refractivity contribution is 6.12. The van der Waals surface area contributed by atoms with E-state index in [1.165, 1.54) is 17.1 Å². The van der Waals surface area contributed by atoms with E-state index in [2.05, 4.69) is 17.6 Å². The fourth-order valence-electron chi connectivity index (χ4n) is 2.06. The minimum atomic E-state index is -0.232. The first-order chi connectivity index (χ1) is 10.1. The highest BCUT2D eigenvalue weighted by atomic mass is 16.2. The van der Waals surface area contributed by atoms with Crippen LogP contribution in [-0.4, -0.2) is 42.4 Å². The summed E-state index contributed by atoms with van der Waals surface area (Å²) in [6, 6.07) is -0.125. The highest BCUT2D eigenvalue weighted by Gasteiger charge is 2.21. The second-order valence-corrected chi connectivity index (χ2v) is 5.11. The van der Waals surface area contributed by atoms with Crippen molar-refractivity contribution >= 4 is 17.8 Å². The summed E-state index contributed by atoms with van der Waals surface area (Å²) >= 11 is 0. The fourth-order valence-corrected chi connectivity index (χ4v) is 2.06. The van der Waals surface area contributed by atoms with Crippen LogP contribution in [0.1, 0.15) is 45.4 Å². The summed E-state index contributed by atoms with van der Waals surface area (Å²) in [7, 11) is 0. The van der Waals surface area contributed by atoms with Crippen molar-refractivity contribution < 1.29 is 14.4 Å². The SMILES string of the molecule is CCCCCNC(=O)NCCCCCN1C(=O)C=CC1=O. The number of carbonyl (C=O) groups is 3. The van der Waals surface area contributed by atoms with Gasteiger partial charge in [0.25, 0.3) is 11.8 Å². The third-order valence-corrected chi connectivity index (χ3v) is 3.31. The Morgan fingerprint density at radius 1 is 0.952 bits per heavy atom. The first-order valence-electron chi connectivity index (χ1n) is 7.70. The van der Waals surface area contributed by atoms with E-state index in [9.17, 15) is 14.4 Å². The van der Waals surface area contributed by atoms with Gasteiger partial charge in [-0.1, -0.05) is 19.8 Å². The third kappa shape index (κ3) is 6.92. The Labute approximate surface area is 125 Å². The van der Waals surface area contributed by atoms with Crippen molar-refractivity contribution in [2.24, 2.45) is 0 Å². The molecule has 118 valence electrons. The molecule has 4 amide bonds. The molecule has 2 N–H and O–H groups in total. The molecule has 6 heteroatoms. The lowest BCUT2D eigenvalue weighted by molar-refractivity contribution is -0.136. The zero-order chi connectivity index (χ0) is 15.5. The Hall–Kier alpha value is -1.85. The predicted octanol–water partition coefficient (Wildman–Crippen LogP) is 1.57. The van der Waals surface area contributed by atoms with Crippen LogP contribution in [0.2, 0.25) is 0 Å². The average molecular weight is 295 g/mol. The Morgan fingerprint density at radius 3 is 2.10 bits per heavy atom.